The van der Waals surface area contributed by atoms with Gasteiger partial charge in [-0.1, -0.05) is 33.6 Å². The minimum Gasteiger partial charge on any atom is -0.207 e. The molecule has 0 radical (unpaired) electrons. The van der Waals surface area contributed by atoms with Gasteiger partial charge in [-0.05, 0) is 67.6 Å². The SMILES string of the molecule is Cc1cc(C)c(C)c(C(Br)c2cc(F)c(Cl)cc2F)c1C. The normalized spacial score (nSPS) is 12.6. The van der Waals surface area contributed by atoms with E-state index in [0.717, 1.165) is 39.9 Å². The van der Waals surface area contributed by atoms with E-state index < -0.39 is 16.5 Å². The minimum atomic E-state index is -0.614. The van der Waals surface area contributed by atoms with Gasteiger partial charge < -0.3 is 0 Å². The van der Waals surface area contributed by atoms with Crippen molar-refractivity contribution in [1.82, 2.24) is 0 Å². The van der Waals surface area contributed by atoms with Crippen LogP contribution in [0.25, 0.3) is 0 Å². The van der Waals surface area contributed by atoms with Crippen LogP contribution in [0.4, 0.5) is 8.78 Å². The van der Waals surface area contributed by atoms with Crippen molar-refractivity contribution in [3.05, 3.63) is 68.2 Å². The maximum Gasteiger partial charge on any atom is 0.142 e. The summed E-state index contributed by atoms with van der Waals surface area (Å²) in [5.41, 5.74) is 5.66. The highest BCUT2D eigenvalue weighted by molar-refractivity contribution is 9.09. The molecule has 112 valence electrons. The summed E-state index contributed by atoms with van der Waals surface area (Å²) in [5.74, 6) is -1.13. The Morgan fingerprint density at radius 1 is 0.905 bits per heavy atom. The van der Waals surface area contributed by atoms with Gasteiger partial charge in [-0.3, -0.25) is 0 Å². The topological polar surface area (TPSA) is 0 Å². The lowest BCUT2D eigenvalue weighted by atomic mass is 9.90. The molecule has 0 N–H and O–H groups in total. The summed E-state index contributed by atoms with van der Waals surface area (Å²) in [4.78, 5) is -0.414. The summed E-state index contributed by atoms with van der Waals surface area (Å²) in [6, 6.07) is 4.29. The molecule has 0 amide bonds. The Kier molecular flexibility index (Phi) is 4.74. The smallest absolute Gasteiger partial charge is 0.142 e. The number of benzene rings is 2. The summed E-state index contributed by atoms with van der Waals surface area (Å²) in [6.45, 7) is 8.03. The van der Waals surface area contributed by atoms with E-state index in [1.807, 2.05) is 27.7 Å². The quantitative estimate of drug-likeness (QED) is 0.426. The summed E-state index contributed by atoms with van der Waals surface area (Å²) in [6.07, 6.45) is 0. The molecule has 4 heteroatoms. The molecular formula is C17H16BrClF2. The van der Waals surface area contributed by atoms with Crippen LogP contribution in [-0.4, -0.2) is 0 Å². The van der Waals surface area contributed by atoms with E-state index in [9.17, 15) is 8.78 Å². The van der Waals surface area contributed by atoms with Gasteiger partial charge in [-0.15, -0.1) is 0 Å². The fraction of sp³-hybridized carbons (Fsp3) is 0.294. The number of rotatable bonds is 2. The highest BCUT2D eigenvalue weighted by Gasteiger charge is 2.22. The third kappa shape index (κ3) is 3.00. The van der Waals surface area contributed by atoms with Crippen LogP contribution in [0.5, 0.6) is 0 Å². The lowest BCUT2D eigenvalue weighted by Gasteiger charge is -2.21. The van der Waals surface area contributed by atoms with E-state index in [0.29, 0.717) is 0 Å². The zero-order valence-corrected chi connectivity index (χ0v) is 14.7. The van der Waals surface area contributed by atoms with Gasteiger partial charge in [0, 0.05) is 5.56 Å². The van der Waals surface area contributed by atoms with E-state index in [1.54, 1.807) is 0 Å². The summed E-state index contributed by atoms with van der Waals surface area (Å²) >= 11 is 9.14. The predicted molar refractivity (Wildman–Crippen MR) is 87.5 cm³/mol. The standard InChI is InChI=1S/C17H16BrClF2/c1-8-5-9(2)11(4)16(10(8)3)17(18)12-6-15(21)13(19)7-14(12)20/h5-7,17H,1-4H3. The molecule has 0 saturated carbocycles. The van der Waals surface area contributed by atoms with E-state index in [2.05, 4.69) is 22.0 Å². The van der Waals surface area contributed by atoms with Crippen LogP contribution in [0.1, 0.15) is 38.2 Å². The molecule has 0 aliphatic rings. The van der Waals surface area contributed by atoms with E-state index in [4.69, 9.17) is 11.6 Å². The summed E-state index contributed by atoms with van der Waals surface area (Å²) < 4.78 is 27.8. The highest BCUT2D eigenvalue weighted by Crippen LogP contribution is 2.39. The van der Waals surface area contributed by atoms with Crippen molar-refractivity contribution in [2.45, 2.75) is 32.5 Å². The second-order valence-corrected chi connectivity index (χ2v) is 6.65. The molecule has 1 unspecified atom stereocenters. The number of hydrogen-bond acceptors (Lipinski definition) is 0. The van der Waals surface area contributed by atoms with Gasteiger partial charge in [-0.2, -0.15) is 0 Å². The molecule has 0 aromatic heterocycles. The monoisotopic (exact) mass is 372 g/mol. The fourth-order valence-corrected chi connectivity index (χ4v) is 3.70. The third-order valence-corrected chi connectivity index (χ3v) is 5.23. The average molecular weight is 374 g/mol. The Hall–Kier alpha value is -0.930. The molecule has 0 fully saturated rings. The highest BCUT2D eigenvalue weighted by atomic mass is 79.9. The molecular weight excluding hydrogens is 358 g/mol. The van der Waals surface area contributed by atoms with Crippen molar-refractivity contribution in [1.29, 1.82) is 0 Å². The number of alkyl halides is 1. The van der Waals surface area contributed by atoms with Crippen LogP contribution < -0.4 is 0 Å². The molecule has 2 aromatic carbocycles. The van der Waals surface area contributed by atoms with Crippen LogP contribution in [0.2, 0.25) is 5.02 Å². The van der Waals surface area contributed by atoms with E-state index >= 15 is 0 Å². The lowest BCUT2D eigenvalue weighted by Crippen LogP contribution is -2.05. The molecule has 0 bridgehead atoms. The Balaban J connectivity index is 2.66. The van der Waals surface area contributed by atoms with Gasteiger partial charge in [0.1, 0.15) is 11.6 Å². The lowest BCUT2D eigenvalue weighted by molar-refractivity contribution is 0.588. The van der Waals surface area contributed by atoms with E-state index in [-0.39, 0.29) is 10.6 Å². The number of aryl methyl sites for hydroxylation is 2. The van der Waals surface area contributed by atoms with Gasteiger partial charge in [0.2, 0.25) is 0 Å². The van der Waals surface area contributed by atoms with Crippen LogP contribution in [0.15, 0.2) is 18.2 Å². The molecule has 2 aromatic rings. The molecule has 0 nitrogen and oxygen atoms in total. The zero-order chi connectivity index (χ0) is 15.9. The van der Waals surface area contributed by atoms with Crippen LogP contribution in [0.3, 0.4) is 0 Å². The molecule has 1 atom stereocenters. The Morgan fingerprint density at radius 2 is 1.43 bits per heavy atom. The fourth-order valence-electron chi connectivity index (χ4n) is 2.52. The molecule has 0 aliphatic carbocycles. The van der Waals surface area contributed by atoms with Gasteiger partial charge in [0.25, 0.3) is 0 Å². The minimum absolute atomic E-state index is 0.204. The van der Waals surface area contributed by atoms with Gasteiger partial charge in [0.15, 0.2) is 0 Å². The first-order valence-corrected chi connectivity index (χ1v) is 7.89. The van der Waals surface area contributed by atoms with Gasteiger partial charge in [0.05, 0.1) is 9.85 Å². The number of hydrogen-bond donors (Lipinski definition) is 0. The van der Waals surface area contributed by atoms with Crippen molar-refractivity contribution in [3.8, 4) is 0 Å². The third-order valence-electron chi connectivity index (χ3n) is 3.99. The van der Waals surface area contributed by atoms with Gasteiger partial charge in [-0.25, -0.2) is 8.78 Å². The van der Waals surface area contributed by atoms with Crippen LogP contribution in [-0.2, 0) is 0 Å². The molecule has 2 rings (SSSR count). The second-order valence-electron chi connectivity index (χ2n) is 5.32. The Labute approximate surface area is 137 Å². The Morgan fingerprint density at radius 3 is 1.95 bits per heavy atom. The van der Waals surface area contributed by atoms with Crippen molar-refractivity contribution in [2.24, 2.45) is 0 Å². The first-order valence-electron chi connectivity index (χ1n) is 6.59. The van der Waals surface area contributed by atoms with Crippen molar-refractivity contribution < 1.29 is 8.78 Å². The predicted octanol–water partition coefficient (Wildman–Crippen LogP) is 6.34. The Bertz CT molecular complexity index is 684. The maximum atomic E-state index is 14.1. The van der Waals surface area contributed by atoms with Gasteiger partial charge >= 0.3 is 0 Å². The first-order chi connectivity index (χ1) is 9.73. The molecule has 0 aliphatic heterocycles. The molecule has 21 heavy (non-hydrogen) atoms. The second kappa shape index (κ2) is 6.05. The summed E-state index contributed by atoms with van der Waals surface area (Å²) in [7, 11) is 0. The number of halogens is 4. The average Bonchev–Trinajstić information content (AvgIpc) is 2.40. The first kappa shape index (κ1) is 16.4. The molecule has 0 heterocycles. The van der Waals surface area contributed by atoms with Crippen molar-refractivity contribution in [2.75, 3.05) is 0 Å². The van der Waals surface area contributed by atoms with Crippen LogP contribution in [0, 0.1) is 39.3 Å². The maximum absolute atomic E-state index is 14.1. The largest absolute Gasteiger partial charge is 0.207 e. The summed E-state index contributed by atoms with van der Waals surface area (Å²) in [5, 5.41) is -0.204. The molecule has 0 saturated heterocycles. The van der Waals surface area contributed by atoms with Crippen molar-refractivity contribution >= 4 is 27.5 Å². The van der Waals surface area contributed by atoms with Crippen LogP contribution >= 0.6 is 27.5 Å². The van der Waals surface area contributed by atoms with Crippen molar-refractivity contribution in [3.63, 3.8) is 0 Å². The zero-order valence-electron chi connectivity index (χ0n) is 12.3. The van der Waals surface area contributed by atoms with E-state index in [1.165, 1.54) is 0 Å². The molecule has 0 spiro atoms.